The fraction of sp³-hybridized carbons (Fsp3) is 0.167. The van der Waals surface area contributed by atoms with Gasteiger partial charge in [0, 0.05) is 23.0 Å². The van der Waals surface area contributed by atoms with Gasteiger partial charge >= 0.3 is 0 Å². The Bertz CT molecular complexity index is 1190. The quantitative estimate of drug-likeness (QED) is 0.349. The fourth-order valence-electron chi connectivity index (χ4n) is 3.37. The lowest BCUT2D eigenvalue weighted by Crippen LogP contribution is -2.26. The number of hydrogen-bond acceptors (Lipinski definition) is 3. The monoisotopic (exact) mass is 497 g/mol. The zero-order valence-electron chi connectivity index (χ0n) is 16.7. The molecule has 0 aliphatic heterocycles. The van der Waals surface area contributed by atoms with E-state index in [0.717, 1.165) is 21.3 Å². The average molecular weight is 499 g/mol. The molecule has 0 atom stereocenters. The molecule has 1 amide bonds. The Morgan fingerprint density at radius 1 is 1.03 bits per heavy atom. The second-order valence-electron chi connectivity index (χ2n) is 6.96. The van der Waals surface area contributed by atoms with Crippen LogP contribution in [0.1, 0.15) is 16.2 Å². The van der Waals surface area contributed by atoms with Crippen molar-refractivity contribution >= 4 is 44.5 Å². The minimum Gasteiger partial charge on any atom is -0.490 e. The Morgan fingerprint density at radius 3 is 2.58 bits per heavy atom. The molecular formula is C24H21BrClN3O2. The van der Waals surface area contributed by atoms with E-state index >= 15 is 0 Å². The fourth-order valence-corrected chi connectivity index (χ4v) is 3.82. The van der Waals surface area contributed by atoms with Gasteiger partial charge in [0.1, 0.15) is 18.2 Å². The molecule has 7 heteroatoms. The van der Waals surface area contributed by atoms with Crippen LogP contribution in [-0.4, -0.2) is 28.6 Å². The van der Waals surface area contributed by atoms with Crippen LogP contribution in [0.15, 0.2) is 77.3 Å². The molecule has 3 aromatic carbocycles. The molecule has 0 radical (unpaired) electrons. The van der Waals surface area contributed by atoms with Crippen molar-refractivity contribution in [3.05, 3.63) is 93.7 Å². The van der Waals surface area contributed by atoms with Crippen LogP contribution in [-0.2, 0) is 13.0 Å². The average Bonchev–Trinajstić information content (AvgIpc) is 3.13. The van der Waals surface area contributed by atoms with Gasteiger partial charge in [0.05, 0.1) is 22.6 Å². The van der Waals surface area contributed by atoms with Gasteiger partial charge in [-0.25, -0.2) is 4.98 Å². The molecule has 4 aromatic rings. The molecule has 5 nitrogen and oxygen atoms in total. The van der Waals surface area contributed by atoms with Crippen molar-refractivity contribution in [2.75, 3.05) is 13.2 Å². The van der Waals surface area contributed by atoms with Crippen molar-refractivity contribution in [2.24, 2.45) is 0 Å². The summed E-state index contributed by atoms with van der Waals surface area (Å²) in [6, 6.07) is 22.7. The lowest BCUT2D eigenvalue weighted by Gasteiger charge is -2.12. The first kappa shape index (κ1) is 21.4. The molecule has 31 heavy (non-hydrogen) atoms. The van der Waals surface area contributed by atoms with E-state index in [1.807, 2.05) is 60.7 Å². The second-order valence-corrected chi connectivity index (χ2v) is 8.28. The van der Waals surface area contributed by atoms with E-state index in [1.54, 1.807) is 12.1 Å². The summed E-state index contributed by atoms with van der Waals surface area (Å²) in [6.45, 7) is 1.58. The number of carbonyl (C=O) groups is 1. The third kappa shape index (κ3) is 5.27. The summed E-state index contributed by atoms with van der Waals surface area (Å²) < 4.78 is 8.95. The van der Waals surface area contributed by atoms with E-state index < -0.39 is 0 Å². The number of rotatable bonds is 8. The number of benzene rings is 3. The third-order valence-corrected chi connectivity index (χ3v) is 5.72. The van der Waals surface area contributed by atoms with Crippen molar-refractivity contribution in [2.45, 2.75) is 13.0 Å². The van der Waals surface area contributed by atoms with Crippen molar-refractivity contribution in [1.82, 2.24) is 14.9 Å². The first-order valence-corrected chi connectivity index (χ1v) is 11.1. The maximum atomic E-state index is 12.4. The van der Waals surface area contributed by atoms with E-state index in [1.165, 1.54) is 0 Å². The normalized spacial score (nSPS) is 10.9. The van der Waals surface area contributed by atoms with Gasteiger partial charge in [0.2, 0.25) is 0 Å². The number of imidazole rings is 1. The predicted octanol–water partition coefficient (Wildman–Crippen LogP) is 5.50. The highest BCUT2D eigenvalue weighted by molar-refractivity contribution is 9.10. The molecule has 158 valence electrons. The molecule has 0 saturated carbocycles. The maximum absolute atomic E-state index is 12.4. The molecule has 1 aromatic heterocycles. The third-order valence-electron chi connectivity index (χ3n) is 4.88. The van der Waals surface area contributed by atoms with E-state index in [9.17, 15) is 4.79 Å². The molecule has 4 rings (SSSR count). The zero-order valence-corrected chi connectivity index (χ0v) is 19.1. The highest BCUT2D eigenvalue weighted by Gasteiger charge is 2.12. The van der Waals surface area contributed by atoms with E-state index in [4.69, 9.17) is 21.3 Å². The first-order valence-electron chi connectivity index (χ1n) is 9.97. The summed E-state index contributed by atoms with van der Waals surface area (Å²) in [6.07, 6.45) is 0.614. The number of hydrogen-bond donors (Lipinski definition) is 1. The Hall–Kier alpha value is -2.83. The Labute approximate surface area is 194 Å². The van der Waals surface area contributed by atoms with Gasteiger partial charge in [-0.1, -0.05) is 51.8 Å². The molecule has 0 unspecified atom stereocenters. The topological polar surface area (TPSA) is 56.2 Å². The van der Waals surface area contributed by atoms with Crippen LogP contribution in [0.3, 0.4) is 0 Å². The molecule has 0 fully saturated rings. The number of amides is 1. The Morgan fingerprint density at radius 2 is 1.77 bits per heavy atom. The Balaban J connectivity index is 1.42. The lowest BCUT2D eigenvalue weighted by atomic mass is 10.2. The van der Waals surface area contributed by atoms with Gasteiger partial charge in [-0.2, -0.15) is 0 Å². The van der Waals surface area contributed by atoms with Crippen LogP contribution >= 0.6 is 27.5 Å². The predicted molar refractivity (Wildman–Crippen MR) is 127 cm³/mol. The number of aromatic nitrogens is 2. The highest BCUT2D eigenvalue weighted by Crippen LogP contribution is 2.23. The van der Waals surface area contributed by atoms with Crippen molar-refractivity contribution < 1.29 is 9.53 Å². The number of para-hydroxylation sites is 3. The van der Waals surface area contributed by atoms with Crippen molar-refractivity contribution in [3.8, 4) is 5.75 Å². The minimum atomic E-state index is -0.0998. The summed E-state index contributed by atoms with van der Waals surface area (Å²) in [5.41, 5.74) is 2.60. The van der Waals surface area contributed by atoms with Crippen LogP contribution in [0.25, 0.3) is 11.0 Å². The molecule has 0 spiro atoms. The van der Waals surface area contributed by atoms with E-state index in [0.29, 0.717) is 42.5 Å². The molecule has 1 N–H and O–H groups in total. The number of nitrogens with zero attached hydrogens (tertiary/aromatic N) is 2. The maximum Gasteiger partial charge on any atom is 0.251 e. The van der Waals surface area contributed by atoms with Crippen LogP contribution in [0.4, 0.5) is 0 Å². The molecule has 0 aliphatic rings. The number of nitrogens with one attached hydrogen (secondary N) is 1. The van der Waals surface area contributed by atoms with Gasteiger partial charge < -0.3 is 14.6 Å². The van der Waals surface area contributed by atoms with Crippen molar-refractivity contribution in [1.29, 1.82) is 0 Å². The molecule has 0 saturated heterocycles. The Kier molecular flexibility index (Phi) is 6.89. The van der Waals surface area contributed by atoms with Gasteiger partial charge in [-0.3, -0.25) is 4.79 Å². The largest absolute Gasteiger partial charge is 0.490 e. The van der Waals surface area contributed by atoms with E-state index in [2.05, 4.69) is 25.8 Å². The number of fused-ring (bicyclic) bond motifs is 1. The summed E-state index contributed by atoms with van der Waals surface area (Å²) in [7, 11) is 0. The van der Waals surface area contributed by atoms with Crippen LogP contribution < -0.4 is 10.1 Å². The van der Waals surface area contributed by atoms with Gasteiger partial charge in [-0.05, 0) is 48.5 Å². The van der Waals surface area contributed by atoms with Crippen molar-refractivity contribution in [3.63, 3.8) is 0 Å². The number of carbonyl (C=O) groups excluding carboxylic acids is 1. The van der Waals surface area contributed by atoms with E-state index in [-0.39, 0.29) is 5.91 Å². The van der Waals surface area contributed by atoms with Gasteiger partial charge in [0.15, 0.2) is 0 Å². The number of ether oxygens (including phenoxy) is 1. The zero-order chi connectivity index (χ0) is 21.6. The lowest BCUT2D eigenvalue weighted by molar-refractivity contribution is 0.0954. The molecule has 1 heterocycles. The summed E-state index contributed by atoms with van der Waals surface area (Å²) in [5.74, 6) is 1.47. The SMILES string of the molecule is O=C(NCCc1nc2ccccc2n1CCOc1ccccc1Cl)c1ccc(Br)cc1. The van der Waals surface area contributed by atoms with Gasteiger partial charge in [-0.15, -0.1) is 0 Å². The summed E-state index contributed by atoms with van der Waals surface area (Å²) >= 11 is 9.56. The van der Waals surface area contributed by atoms with Gasteiger partial charge in [0.25, 0.3) is 5.91 Å². The summed E-state index contributed by atoms with van der Waals surface area (Å²) in [4.78, 5) is 17.1. The first-order chi connectivity index (χ1) is 15.1. The number of halogens is 2. The van der Waals surface area contributed by atoms with Crippen LogP contribution in [0, 0.1) is 0 Å². The van der Waals surface area contributed by atoms with Crippen LogP contribution in [0.5, 0.6) is 5.75 Å². The highest BCUT2D eigenvalue weighted by atomic mass is 79.9. The standard InChI is InChI=1S/C24H21BrClN3O2/c25-18-11-9-17(10-12-18)24(30)27-14-13-23-28-20-6-2-3-7-21(20)29(23)15-16-31-22-8-4-1-5-19(22)26/h1-12H,13-16H2,(H,27,30). The smallest absolute Gasteiger partial charge is 0.251 e. The minimum absolute atomic E-state index is 0.0998. The molecular weight excluding hydrogens is 478 g/mol. The molecule has 0 aliphatic carbocycles. The second kappa shape index (κ2) is 9.98. The summed E-state index contributed by atoms with van der Waals surface area (Å²) in [5, 5.41) is 3.56. The van der Waals surface area contributed by atoms with Crippen LogP contribution in [0.2, 0.25) is 5.02 Å². The molecule has 0 bridgehead atoms.